The van der Waals surface area contributed by atoms with Crippen molar-refractivity contribution in [2.75, 3.05) is 11.9 Å². The van der Waals surface area contributed by atoms with Gasteiger partial charge in [-0.25, -0.2) is 14.1 Å². The maximum atomic E-state index is 13.0. The number of nitrogens with two attached hydrogens (primary N) is 1. The van der Waals surface area contributed by atoms with E-state index in [0.29, 0.717) is 4.21 Å². The van der Waals surface area contributed by atoms with Crippen molar-refractivity contribution >= 4 is 33.0 Å². The highest BCUT2D eigenvalue weighted by molar-refractivity contribution is 7.93. The Morgan fingerprint density at radius 2 is 1.86 bits per heavy atom. The Balaban J connectivity index is 1.42. The summed E-state index contributed by atoms with van der Waals surface area (Å²) in [5.41, 5.74) is 6.02. The van der Waals surface area contributed by atoms with Crippen LogP contribution in [0.3, 0.4) is 0 Å². The van der Waals surface area contributed by atoms with Gasteiger partial charge in [0.2, 0.25) is 0 Å². The number of urea groups is 1. The molecule has 2 aliphatic carbocycles. The molecule has 0 spiro atoms. The third-order valence-electron chi connectivity index (χ3n) is 6.22. The average molecular weight is 431 g/mol. The van der Waals surface area contributed by atoms with E-state index in [2.05, 4.69) is 21.1 Å². The fourth-order valence-corrected chi connectivity index (χ4v) is 7.24. The van der Waals surface area contributed by atoms with E-state index in [-0.39, 0.29) is 6.04 Å². The minimum Gasteiger partial charge on any atom is -0.309 e. The summed E-state index contributed by atoms with van der Waals surface area (Å²) < 4.78 is 17.4. The molecule has 1 aliphatic heterocycles. The highest BCUT2D eigenvalue weighted by Gasteiger charge is 2.26. The van der Waals surface area contributed by atoms with Crippen LogP contribution in [0.2, 0.25) is 0 Å². The topological polar surface area (TPSA) is 96.6 Å². The summed E-state index contributed by atoms with van der Waals surface area (Å²) in [7, 11) is -3.26. The standard InChI is InChI=1S/C21H26N4O2S2/c22-29(27,19-10-9-18(28-19)17-8-3-11-23-17)25-21(26)24-20-15-6-1-4-13(15)12-14-5-2-7-16(14)20/h9-10,12,17,23H,1-8,11H2,(H3,22,24,25,26,27)/t17?,29-/m0/s1. The fraction of sp³-hybridized carbons (Fsp3) is 0.476. The molecule has 2 amide bonds. The fourth-order valence-electron chi connectivity index (χ4n) is 4.87. The smallest absolute Gasteiger partial charge is 0.309 e. The maximum absolute atomic E-state index is 13.0. The molecule has 1 unspecified atom stereocenters. The zero-order chi connectivity index (χ0) is 20.0. The highest BCUT2D eigenvalue weighted by Crippen LogP contribution is 2.39. The van der Waals surface area contributed by atoms with Crippen LogP contribution < -0.4 is 15.8 Å². The monoisotopic (exact) mass is 430 g/mol. The maximum Gasteiger partial charge on any atom is 0.354 e. The number of anilines is 1. The molecule has 6 nitrogen and oxygen atoms in total. The molecule has 0 saturated carbocycles. The van der Waals surface area contributed by atoms with Crippen LogP contribution >= 0.6 is 11.3 Å². The van der Waals surface area contributed by atoms with E-state index in [9.17, 15) is 9.00 Å². The van der Waals surface area contributed by atoms with Crippen LogP contribution in [0.5, 0.6) is 0 Å². The number of amides is 2. The average Bonchev–Trinajstić information content (AvgIpc) is 3.46. The lowest BCUT2D eigenvalue weighted by Gasteiger charge is -2.15. The number of aryl methyl sites for hydroxylation is 2. The van der Waals surface area contributed by atoms with Gasteiger partial charge in [-0.1, -0.05) is 6.07 Å². The predicted octanol–water partition coefficient (Wildman–Crippen LogP) is 4.08. The zero-order valence-corrected chi connectivity index (χ0v) is 18.0. The number of fused-ring (bicyclic) bond motifs is 2. The lowest BCUT2D eigenvalue weighted by atomic mass is 9.99. The summed E-state index contributed by atoms with van der Waals surface area (Å²) in [5, 5.41) is 12.4. The second-order valence-corrected chi connectivity index (χ2v) is 11.3. The minimum absolute atomic E-state index is 0.285. The molecule has 1 aromatic carbocycles. The first kappa shape index (κ1) is 19.2. The molecule has 1 fully saturated rings. The van der Waals surface area contributed by atoms with Crippen molar-refractivity contribution in [3.63, 3.8) is 0 Å². The van der Waals surface area contributed by atoms with Crippen LogP contribution in [0.15, 0.2) is 26.8 Å². The van der Waals surface area contributed by atoms with E-state index in [4.69, 9.17) is 5.14 Å². The molecule has 2 heterocycles. The molecule has 8 heteroatoms. The molecule has 2 atom stereocenters. The van der Waals surface area contributed by atoms with Crippen LogP contribution in [-0.4, -0.2) is 16.8 Å². The molecule has 5 rings (SSSR count). The number of carbonyl (C=O) groups excluding carboxylic acids is 1. The molecule has 4 N–H and O–H groups in total. The van der Waals surface area contributed by atoms with Gasteiger partial charge >= 0.3 is 6.03 Å². The van der Waals surface area contributed by atoms with Crippen LogP contribution in [-0.2, 0) is 35.6 Å². The molecule has 1 saturated heterocycles. The third-order valence-corrected chi connectivity index (χ3v) is 9.33. The van der Waals surface area contributed by atoms with E-state index in [1.807, 2.05) is 6.07 Å². The number of rotatable bonds is 3. The number of nitrogens with zero attached hydrogens (tertiary/aromatic N) is 1. The summed E-state index contributed by atoms with van der Waals surface area (Å²) >= 11 is 1.39. The molecule has 1 aromatic heterocycles. The molecular formula is C21H26N4O2S2. The molecular weight excluding hydrogens is 404 g/mol. The van der Waals surface area contributed by atoms with Crippen LogP contribution in [0.25, 0.3) is 0 Å². The lowest BCUT2D eigenvalue weighted by Crippen LogP contribution is -2.18. The first-order valence-electron chi connectivity index (χ1n) is 10.4. The van der Waals surface area contributed by atoms with E-state index in [1.165, 1.54) is 33.6 Å². The zero-order valence-electron chi connectivity index (χ0n) is 16.3. The van der Waals surface area contributed by atoms with Crippen LogP contribution in [0, 0.1) is 0 Å². The Kier molecular flexibility index (Phi) is 4.98. The summed E-state index contributed by atoms with van der Waals surface area (Å²) in [6, 6.07) is 5.68. The Bertz CT molecular complexity index is 1060. The quantitative estimate of drug-likeness (QED) is 0.684. The second-order valence-electron chi connectivity index (χ2n) is 8.13. The number of nitrogens with one attached hydrogen (secondary N) is 2. The number of carbonyl (C=O) groups is 1. The van der Waals surface area contributed by atoms with E-state index >= 15 is 0 Å². The Morgan fingerprint density at radius 1 is 1.14 bits per heavy atom. The third kappa shape index (κ3) is 3.63. The van der Waals surface area contributed by atoms with Gasteiger partial charge < -0.3 is 10.6 Å². The van der Waals surface area contributed by atoms with Crippen LogP contribution in [0.1, 0.15) is 58.9 Å². The van der Waals surface area contributed by atoms with Crippen molar-refractivity contribution in [1.29, 1.82) is 0 Å². The molecule has 3 aliphatic rings. The van der Waals surface area contributed by atoms with E-state index in [0.717, 1.165) is 68.5 Å². The van der Waals surface area contributed by atoms with E-state index in [1.54, 1.807) is 6.07 Å². The molecule has 154 valence electrons. The van der Waals surface area contributed by atoms with Gasteiger partial charge in [-0.2, -0.15) is 0 Å². The number of hydrogen-bond acceptors (Lipinski definition) is 4. The summed E-state index contributed by atoms with van der Waals surface area (Å²) in [6.45, 7) is 0.994. The SMILES string of the molecule is N[S@](=O)(=NC(=O)Nc1c2c(cc3c1CCC3)CCC2)c1ccc(C2CCCN2)s1. The molecule has 0 radical (unpaired) electrons. The predicted molar refractivity (Wildman–Crippen MR) is 117 cm³/mol. The van der Waals surface area contributed by atoms with Gasteiger partial charge in [-0.05, 0) is 92.3 Å². The van der Waals surface area contributed by atoms with Gasteiger partial charge in [-0.3, -0.25) is 0 Å². The van der Waals surface area contributed by atoms with Gasteiger partial charge in [0, 0.05) is 16.6 Å². The van der Waals surface area contributed by atoms with Gasteiger partial charge in [0.15, 0.2) is 9.92 Å². The first-order chi connectivity index (χ1) is 14.0. The van der Waals surface area contributed by atoms with Gasteiger partial charge in [0.25, 0.3) is 0 Å². The number of benzene rings is 1. The van der Waals surface area contributed by atoms with Gasteiger partial charge in [0.05, 0.1) is 0 Å². The largest absolute Gasteiger partial charge is 0.354 e. The Hall–Kier alpha value is -1.74. The Labute approximate surface area is 175 Å². The lowest BCUT2D eigenvalue weighted by molar-refractivity contribution is 0.260. The van der Waals surface area contributed by atoms with Crippen molar-refractivity contribution < 1.29 is 9.00 Å². The molecule has 0 bridgehead atoms. The van der Waals surface area contributed by atoms with Crippen molar-refractivity contribution in [2.24, 2.45) is 9.50 Å². The van der Waals surface area contributed by atoms with E-state index < -0.39 is 15.9 Å². The number of thiophene rings is 1. The highest BCUT2D eigenvalue weighted by atomic mass is 32.2. The van der Waals surface area contributed by atoms with Crippen molar-refractivity contribution in [3.05, 3.63) is 45.3 Å². The van der Waals surface area contributed by atoms with Crippen molar-refractivity contribution in [3.8, 4) is 0 Å². The first-order valence-corrected chi connectivity index (χ1v) is 12.8. The summed E-state index contributed by atoms with van der Waals surface area (Å²) in [5.74, 6) is 0. The van der Waals surface area contributed by atoms with Gasteiger partial charge in [-0.15, -0.1) is 15.7 Å². The normalized spacial score (nSPS) is 22.2. The Morgan fingerprint density at radius 3 is 2.52 bits per heavy atom. The van der Waals surface area contributed by atoms with Crippen LogP contribution in [0.4, 0.5) is 10.5 Å². The van der Waals surface area contributed by atoms with Crippen molar-refractivity contribution in [1.82, 2.24) is 5.32 Å². The summed E-state index contributed by atoms with van der Waals surface area (Å²) in [6.07, 6.45) is 8.48. The summed E-state index contributed by atoms with van der Waals surface area (Å²) in [4.78, 5) is 13.8. The molecule has 29 heavy (non-hydrogen) atoms. The van der Waals surface area contributed by atoms with Gasteiger partial charge in [0.1, 0.15) is 4.21 Å². The molecule has 2 aromatic rings. The van der Waals surface area contributed by atoms with Crippen molar-refractivity contribution in [2.45, 2.75) is 61.6 Å². The number of hydrogen-bond donors (Lipinski definition) is 3. The second kappa shape index (κ2) is 7.50. The minimum atomic E-state index is -3.26.